The van der Waals surface area contributed by atoms with Gasteiger partial charge in [0.1, 0.15) is 5.01 Å². The number of nitrogens with zero attached hydrogens (tertiary/aromatic N) is 1. The molecule has 0 aromatic carbocycles. The number of hydrogen-bond acceptors (Lipinski definition) is 4. The molecule has 0 fully saturated rings. The summed E-state index contributed by atoms with van der Waals surface area (Å²) in [5, 5.41) is 9.84. The average Bonchev–Trinajstić information content (AvgIpc) is 2.69. The van der Waals surface area contributed by atoms with Crippen molar-refractivity contribution in [1.82, 2.24) is 4.98 Å². The van der Waals surface area contributed by atoms with Crippen molar-refractivity contribution in [1.29, 1.82) is 0 Å². The lowest BCUT2D eigenvalue weighted by molar-refractivity contribution is -0.136. The first-order valence-electron chi connectivity index (χ1n) is 5.94. The van der Waals surface area contributed by atoms with Crippen LogP contribution < -0.4 is 0 Å². The number of hydrogen-bond donors (Lipinski definition) is 1. The molecule has 0 saturated heterocycles. The fourth-order valence-electron chi connectivity index (χ4n) is 1.49. The molecule has 0 amide bonds. The van der Waals surface area contributed by atoms with Crippen LogP contribution in [0.1, 0.15) is 42.3 Å². The number of aromatic nitrogens is 1. The van der Waals surface area contributed by atoms with Crippen LogP contribution in [-0.4, -0.2) is 21.8 Å². The van der Waals surface area contributed by atoms with E-state index in [1.54, 1.807) is 11.3 Å². The monoisotopic (exact) mass is 273 g/mol. The normalized spacial score (nSPS) is 10.7. The van der Waals surface area contributed by atoms with E-state index in [1.807, 2.05) is 11.8 Å². The van der Waals surface area contributed by atoms with Gasteiger partial charge in [-0.05, 0) is 25.0 Å². The van der Waals surface area contributed by atoms with Crippen LogP contribution in [0, 0.1) is 0 Å². The van der Waals surface area contributed by atoms with Gasteiger partial charge in [0.2, 0.25) is 0 Å². The van der Waals surface area contributed by atoms with Crippen LogP contribution in [0.25, 0.3) is 0 Å². The molecule has 0 radical (unpaired) electrons. The summed E-state index contributed by atoms with van der Waals surface area (Å²) in [6.07, 6.45) is 2.90. The largest absolute Gasteiger partial charge is 0.481 e. The van der Waals surface area contributed by atoms with E-state index in [0.29, 0.717) is 6.42 Å². The summed E-state index contributed by atoms with van der Waals surface area (Å²) < 4.78 is 0. The molecule has 0 saturated carbocycles. The van der Waals surface area contributed by atoms with Gasteiger partial charge >= 0.3 is 5.97 Å². The van der Waals surface area contributed by atoms with Gasteiger partial charge in [-0.2, -0.15) is 11.8 Å². The average molecular weight is 273 g/mol. The Balaban J connectivity index is 2.59. The molecular formula is C12H19NO2S2. The van der Waals surface area contributed by atoms with E-state index in [1.165, 1.54) is 6.42 Å². The van der Waals surface area contributed by atoms with Crippen LogP contribution in [0.15, 0.2) is 0 Å². The number of carboxylic acid groups (broad SMARTS) is 1. The smallest absolute Gasteiger partial charge is 0.303 e. The van der Waals surface area contributed by atoms with E-state index in [2.05, 4.69) is 18.8 Å². The van der Waals surface area contributed by atoms with E-state index in [-0.39, 0.29) is 6.42 Å². The lowest BCUT2D eigenvalue weighted by Gasteiger charge is -1.95. The quantitative estimate of drug-likeness (QED) is 0.738. The third-order valence-corrected chi connectivity index (χ3v) is 4.81. The minimum atomic E-state index is -0.734. The highest BCUT2D eigenvalue weighted by Crippen LogP contribution is 2.24. The van der Waals surface area contributed by atoms with Crippen molar-refractivity contribution >= 4 is 29.1 Å². The maximum absolute atomic E-state index is 10.6. The third-order valence-electron chi connectivity index (χ3n) is 2.30. The summed E-state index contributed by atoms with van der Waals surface area (Å²) in [7, 11) is 0. The van der Waals surface area contributed by atoms with Crippen molar-refractivity contribution in [2.75, 3.05) is 5.75 Å². The van der Waals surface area contributed by atoms with Crippen molar-refractivity contribution in [3.05, 3.63) is 15.6 Å². The fourth-order valence-corrected chi connectivity index (χ4v) is 3.60. The summed E-state index contributed by atoms with van der Waals surface area (Å²) in [5.41, 5.74) is 1.09. The van der Waals surface area contributed by atoms with Crippen LogP contribution in [0.5, 0.6) is 0 Å². The highest BCUT2D eigenvalue weighted by molar-refractivity contribution is 7.98. The van der Waals surface area contributed by atoms with Gasteiger partial charge in [-0.3, -0.25) is 4.79 Å². The van der Waals surface area contributed by atoms with Crippen molar-refractivity contribution < 1.29 is 9.90 Å². The van der Waals surface area contributed by atoms with Crippen molar-refractivity contribution in [3.8, 4) is 0 Å². The molecule has 0 aliphatic carbocycles. The number of thioether (sulfide) groups is 1. The molecule has 3 nitrogen and oxygen atoms in total. The Kier molecular flexibility index (Phi) is 6.58. The molecule has 1 aromatic heterocycles. The van der Waals surface area contributed by atoms with Crippen LogP contribution in [-0.2, 0) is 23.4 Å². The van der Waals surface area contributed by atoms with E-state index in [9.17, 15) is 4.79 Å². The number of aryl methyl sites for hydroxylation is 2. The fraction of sp³-hybridized carbons (Fsp3) is 0.667. The first kappa shape index (κ1) is 14.5. The highest BCUT2D eigenvalue weighted by Gasteiger charge is 2.11. The second-order valence-electron chi connectivity index (χ2n) is 3.78. The molecule has 0 aliphatic rings. The second-order valence-corrected chi connectivity index (χ2v) is 6.05. The first-order chi connectivity index (χ1) is 8.17. The zero-order valence-electron chi connectivity index (χ0n) is 10.4. The molecule has 1 heterocycles. The van der Waals surface area contributed by atoms with Crippen molar-refractivity contribution in [2.45, 2.75) is 45.3 Å². The number of rotatable bonds is 8. The molecule has 96 valence electrons. The molecule has 0 aliphatic heterocycles. The molecule has 1 N–H and O–H groups in total. The Morgan fingerprint density at radius 1 is 1.47 bits per heavy atom. The number of thiazole rings is 1. The highest BCUT2D eigenvalue weighted by atomic mass is 32.2. The van der Waals surface area contributed by atoms with Gasteiger partial charge in [0.25, 0.3) is 0 Å². The lowest BCUT2D eigenvalue weighted by Crippen LogP contribution is -1.98. The van der Waals surface area contributed by atoms with Gasteiger partial charge in [-0.25, -0.2) is 4.98 Å². The van der Waals surface area contributed by atoms with Gasteiger partial charge < -0.3 is 5.11 Å². The lowest BCUT2D eigenvalue weighted by atomic mass is 10.2. The van der Waals surface area contributed by atoms with Crippen LogP contribution >= 0.6 is 23.1 Å². The minimum absolute atomic E-state index is 0.205. The van der Waals surface area contributed by atoms with Crippen LogP contribution in [0.4, 0.5) is 0 Å². The van der Waals surface area contributed by atoms with E-state index < -0.39 is 5.97 Å². The molecule has 1 aromatic rings. The molecule has 17 heavy (non-hydrogen) atoms. The third kappa shape index (κ3) is 5.08. The van der Waals surface area contributed by atoms with E-state index in [0.717, 1.165) is 33.5 Å². The van der Waals surface area contributed by atoms with Gasteiger partial charge in [0.15, 0.2) is 0 Å². The Labute approximate surface area is 111 Å². The summed E-state index contributed by atoms with van der Waals surface area (Å²) in [6.45, 7) is 4.24. The number of carbonyl (C=O) groups is 1. The second kappa shape index (κ2) is 7.71. The maximum Gasteiger partial charge on any atom is 0.303 e. The summed E-state index contributed by atoms with van der Waals surface area (Å²) >= 11 is 3.58. The summed E-state index contributed by atoms with van der Waals surface area (Å²) in [5.74, 6) is 1.38. The SMILES string of the molecule is CCCSCc1nc(CC)c(CCC(=O)O)s1. The van der Waals surface area contributed by atoms with Crippen molar-refractivity contribution in [2.24, 2.45) is 0 Å². The molecule has 0 atom stereocenters. The standard InChI is InChI=1S/C12H19NO2S2/c1-3-7-16-8-11-13-9(4-2)10(17-11)5-6-12(14)15/h3-8H2,1-2H3,(H,14,15). The number of aliphatic carboxylic acids is 1. The molecule has 0 unspecified atom stereocenters. The van der Waals surface area contributed by atoms with Gasteiger partial charge in [-0.1, -0.05) is 13.8 Å². The van der Waals surface area contributed by atoms with Crippen LogP contribution in [0.3, 0.4) is 0 Å². The molecular weight excluding hydrogens is 254 g/mol. The molecule has 0 bridgehead atoms. The zero-order valence-corrected chi connectivity index (χ0v) is 12.0. The summed E-state index contributed by atoms with van der Waals surface area (Å²) in [4.78, 5) is 16.3. The minimum Gasteiger partial charge on any atom is -0.481 e. The Hall–Kier alpha value is -0.550. The Morgan fingerprint density at radius 3 is 2.82 bits per heavy atom. The van der Waals surface area contributed by atoms with Crippen molar-refractivity contribution in [3.63, 3.8) is 0 Å². The number of carboxylic acids is 1. The summed E-state index contributed by atoms with van der Waals surface area (Å²) in [6, 6.07) is 0. The zero-order chi connectivity index (χ0) is 12.7. The molecule has 1 rings (SSSR count). The van der Waals surface area contributed by atoms with E-state index in [4.69, 9.17) is 5.11 Å². The maximum atomic E-state index is 10.6. The van der Waals surface area contributed by atoms with Gasteiger partial charge in [0.05, 0.1) is 12.1 Å². The van der Waals surface area contributed by atoms with Crippen LogP contribution in [0.2, 0.25) is 0 Å². The predicted octanol–water partition coefficient (Wildman–Crippen LogP) is 3.37. The first-order valence-corrected chi connectivity index (χ1v) is 7.91. The van der Waals surface area contributed by atoms with Gasteiger partial charge in [-0.15, -0.1) is 11.3 Å². The molecule has 5 heteroatoms. The molecule has 0 spiro atoms. The topological polar surface area (TPSA) is 50.2 Å². The Bertz CT molecular complexity index is 363. The van der Waals surface area contributed by atoms with E-state index >= 15 is 0 Å². The predicted molar refractivity (Wildman–Crippen MR) is 73.9 cm³/mol. The Morgan fingerprint density at radius 2 is 2.24 bits per heavy atom. The van der Waals surface area contributed by atoms with Gasteiger partial charge in [0, 0.05) is 10.6 Å².